The average Bonchev–Trinajstić information content (AvgIpc) is 2.37. The van der Waals surface area contributed by atoms with Crippen molar-refractivity contribution in [2.24, 2.45) is 0 Å². The fraction of sp³-hybridized carbons (Fsp3) is 0.533. The summed E-state index contributed by atoms with van der Waals surface area (Å²) in [7, 11) is 0. The zero-order valence-corrected chi connectivity index (χ0v) is 11.8. The summed E-state index contributed by atoms with van der Waals surface area (Å²) >= 11 is 0. The zero-order chi connectivity index (χ0) is 14.5. The van der Waals surface area contributed by atoms with E-state index in [0.717, 1.165) is 0 Å². The van der Waals surface area contributed by atoms with Gasteiger partial charge in [-0.2, -0.15) is 0 Å². The molecule has 1 heterocycles. The summed E-state index contributed by atoms with van der Waals surface area (Å²) in [5, 5.41) is 0. The van der Waals surface area contributed by atoms with Crippen LogP contribution in [0.2, 0.25) is 0 Å². The second kappa shape index (κ2) is 6.70. The summed E-state index contributed by atoms with van der Waals surface area (Å²) in [5.74, 6) is 0.148. The summed E-state index contributed by atoms with van der Waals surface area (Å²) < 4.78 is 23.9. The highest BCUT2D eigenvalue weighted by molar-refractivity contribution is 5.76. The van der Waals surface area contributed by atoms with Crippen LogP contribution in [0.25, 0.3) is 0 Å². The third-order valence-electron chi connectivity index (χ3n) is 3.15. The summed E-state index contributed by atoms with van der Waals surface area (Å²) in [5.41, 5.74) is 0. The van der Waals surface area contributed by atoms with Crippen LogP contribution in [0.4, 0.5) is 4.39 Å². The van der Waals surface area contributed by atoms with E-state index >= 15 is 0 Å². The van der Waals surface area contributed by atoms with E-state index < -0.39 is 0 Å². The highest BCUT2D eigenvalue weighted by Gasteiger charge is 2.25. The fourth-order valence-electron chi connectivity index (χ4n) is 2.35. The first-order valence-corrected chi connectivity index (χ1v) is 6.86. The lowest BCUT2D eigenvalue weighted by molar-refractivity contribution is -0.143. The van der Waals surface area contributed by atoms with Gasteiger partial charge in [0.25, 0.3) is 0 Å². The van der Waals surface area contributed by atoms with Crippen LogP contribution in [0.5, 0.6) is 5.75 Å². The van der Waals surface area contributed by atoms with Gasteiger partial charge in [-0.25, -0.2) is 4.39 Å². The molecule has 110 valence electrons. The van der Waals surface area contributed by atoms with E-state index in [2.05, 4.69) is 0 Å². The van der Waals surface area contributed by atoms with E-state index in [9.17, 15) is 9.18 Å². The normalized spacial score (nSPS) is 22.6. The maximum atomic E-state index is 13.0. The van der Waals surface area contributed by atoms with Gasteiger partial charge in [-0.3, -0.25) is 4.79 Å². The Morgan fingerprint density at radius 2 is 2.10 bits per heavy atom. The Kier molecular flexibility index (Phi) is 4.95. The number of benzene rings is 1. The number of hydrogen-bond donors (Lipinski definition) is 0. The van der Waals surface area contributed by atoms with E-state index in [1.54, 1.807) is 17.0 Å². The van der Waals surface area contributed by atoms with Gasteiger partial charge in [0.05, 0.1) is 25.2 Å². The van der Waals surface area contributed by atoms with Crippen molar-refractivity contribution in [1.29, 1.82) is 0 Å². The molecule has 0 N–H and O–H groups in total. The first kappa shape index (κ1) is 14.8. The predicted molar refractivity (Wildman–Crippen MR) is 73.1 cm³/mol. The predicted octanol–water partition coefficient (Wildman–Crippen LogP) is 2.23. The van der Waals surface area contributed by atoms with E-state index in [0.29, 0.717) is 18.8 Å². The molecule has 0 radical (unpaired) electrons. The molecule has 1 aliphatic heterocycles. The second-order valence-electron chi connectivity index (χ2n) is 5.11. The molecular weight excluding hydrogens is 261 g/mol. The van der Waals surface area contributed by atoms with Crippen molar-refractivity contribution < 1.29 is 18.7 Å². The molecule has 2 rings (SSSR count). The molecule has 1 amide bonds. The largest absolute Gasteiger partial charge is 0.493 e. The van der Waals surface area contributed by atoms with Gasteiger partial charge in [0.15, 0.2) is 0 Å². The van der Waals surface area contributed by atoms with Crippen molar-refractivity contribution in [3.8, 4) is 5.75 Å². The molecule has 0 aliphatic carbocycles. The monoisotopic (exact) mass is 281 g/mol. The highest BCUT2D eigenvalue weighted by atomic mass is 19.1. The van der Waals surface area contributed by atoms with Crippen molar-refractivity contribution in [3.05, 3.63) is 30.1 Å². The van der Waals surface area contributed by atoms with Gasteiger partial charge in [-0.05, 0) is 26.0 Å². The minimum atomic E-state index is -0.343. The molecule has 4 nitrogen and oxygen atoms in total. The molecule has 0 aromatic heterocycles. The summed E-state index contributed by atoms with van der Waals surface area (Å²) in [6.07, 6.45) is 0.411. The van der Waals surface area contributed by atoms with Gasteiger partial charge in [0.2, 0.25) is 5.91 Å². The van der Waals surface area contributed by atoms with Gasteiger partial charge in [-0.1, -0.05) is 6.07 Å². The lowest BCUT2D eigenvalue weighted by Gasteiger charge is -2.35. The van der Waals surface area contributed by atoms with Crippen LogP contribution >= 0.6 is 0 Å². The Balaban J connectivity index is 1.77. The van der Waals surface area contributed by atoms with Crippen LogP contribution in [0.3, 0.4) is 0 Å². The molecule has 0 bridgehead atoms. The minimum absolute atomic E-state index is 0.0448. The SMILES string of the molecule is C[C@@H]1CN(C(=O)CCOc2cccc(F)c2)C[C@H](C)O1. The second-order valence-corrected chi connectivity index (χ2v) is 5.11. The van der Waals surface area contributed by atoms with Gasteiger partial charge in [0.1, 0.15) is 11.6 Å². The third kappa shape index (κ3) is 4.20. The molecule has 0 saturated carbocycles. The Hall–Kier alpha value is -1.62. The number of rotatable bonds is 4. The van der Waals surface area contributed by atoms with Crippen LogP contribution in [-0.2, 0) is 9.53 Å². The Morgan fingerprint density at radius 3 is 2.75 bits per heavy atom. The van der Waals surface area contributed by atoms with Crippen molar-refractivity contribution in [3.63, 3.8) is 0 Å². The van der Waals surface area contributed by atoms with Crippen LogP contribution in [0.15, 0.2) is 24.3 Å². The Labute approximate surface area is 118 Å². The number of carbonyl (C=O) groups excluding carboxylic acids is 1. The summed E-state index contributed by atoms with van der Waals surface area (Å²) in [6, 6.07) is 5.92. The van der Waals surface area contributed by atoms with E-state index in [1.165, 1.54) is 12.1 Å². The van der Waals surface area contributed by atoms with Crippen LogP contribution in [0.1, 0.15) is 20.3 Å². The van der Waals surface area contributed by atoms with Gasteiger partial charge >= 0.3 is 0 Å². The van der Waals surface area contributed by atoms with Crippen LogP contribution < -0.4 is 4.74 Å². The van der Waals surface area contributed by atoms with E-state index in [-0.39, 0.29) is 37.0 Å². The Bertz CT molecular complexity index is 456. The molecule has 1 saturated heterocycles. The summed E-state index contributed by atoms with van der Waals surface area (Å²) in [6.45, 7) is 5.40. The summed E-state index contributed by atoms with van der Waals surface area (Å²) in [4.78, 5) is 13.9. The van der Waals surface area contributed by atoms with E-state index in [1.807, 2.05) is 13.8 Å². The van der Waals surface area contributed by atoms with Crippen molar-refractivity contribution in [2.75, 3.05) is 19.7 Å². The standard InChI is InChI=1S/C15H20FNO3/c1-11-9-17(10-12(2)20-11)15(18)6-7-19-14-5-3-4-13(16)8-14/h3-5,8,11-12H,6-7,9-10H2,1-2H3/t11-,12+. The molecule has 2 atom stereocenters. The molecule has 1 aromatic rings. The third-order valence-corrected chi connectivity index (χ3v) is 3.15. The average molecular weight is 281 g/mol. The molecule has 0 spiro atoms. The number of halogens is 1. The lowest BCUT2D eigenvalue weighted by Crippen LogP contribution is -2.48. The van der Waals surface area contributed by atoms with Crippen LogP contribution in [-0.4, -0.2) is 42.7 Å². The number of ether oxygens (including phenoxy) is 2. The number of hydrogen-bond acceptors (Lipinski definition) is 3. The van der Waals surface area contributed by atoms with Gasteiger partial charge in [0, 0.05) is 19.2 Å². The molecule has 20 heavy (non-hydrogen) atoms. The zero-order valence-electron chi connectivity index (χ0n) is 11.8. The quantitative estimate of drug-likeness (QED) is 0.849. The minimum Gasteiger partial charge on any atom is -0.493 e. The van der Waals surface area contributed by atoms with Crippen molar-refractivity contribution >= 4 is 5.91 Å². The Morgan fingerprint density at radius 1 is 1.40 bits per heavy atom. The molecule has 0 unspecified atom stereocenters. The van der Waals surface area contributed by atoms with Gasteiger partial charge < -0.3 is 14.4 Å². The fourth-order valence-corrected chi connectivity index (χ4v) is 2.35. The van der Waals surface area contributed by atoms with Crippen LogP contribution in [0, 0.1) is 5.82 Å². The highest BCUT2D eigenvalue weighted by Crippen LogP contribution is 2.14. The number of carbonyl (C=O) groups is 1. The first-order chi connectivity index (χ1) is 9.54. The van der Waals surface area contributed by atoms with E-state index in [4.69, 9.17) is 9.47 Å². The number of nitrogens with zero attached hydrogens (tertiary/aromatic N) is 1. The maximum absolute atomic E-state index is 13.0. The van der Waals surface area contributed by atoms with Gasteiger partial charge in [-0.15, -0.1) is 0 Å². The number of morpholine rings is 1. The maximum Gasteiger partial charge on any atom is 0.226 e. The lowest BCUT2D eigenvalue weighted by atomic mass is 10.2. The topological polar surface area (TPSA) is 38.8 Å². The molecular formula is C15H20FNO3. The number of amides is 1. The molecule has 1 aliphatic rings. The first-order valence-electron chi connectivity index (χ1n) is 6.86. The molecule has 5 heteroatoms. The smallest absolute Gasteiger partial charge is 0.226 e. The molecule has 1 fully saturated rings. The van der Waals surface area contributed by atoms with Crippen molar-refractivity contribution in [2.45, 2.75) is 32.5 Å². The molecule has 1 aromatic carbocycles. The van der Waals surface area contributed by atoms with Crippen molar-refractivity contribution in [1.82, 2.24) is 4.90 Å².